The van der Waals surface area contributed by atoms with Gasteiger partial charge in [0, 0.05) is 0 Å². The molecule has 3 N–H and O–H groups in total. The zero-order chi connectivity index (χ0) is 9.72. The van der Waals surface area contributed by atoms with E-state index in [0.717, 1.165) is 7.11 Å². The lowest BCUT2D eigenvalue weighted by molar-refractivity contribution is -0.159. The average Bonchev–Trinajstić information content (AvgIpc) is 2.03. The van der Waals surface area contributed by atoms with Crippen LogP contribution in [0.15, 0.2) is 0 Å². The lowest BCUT2D eigenvalue weighted by atomic mass is 9.94. The van der Waals surface area contributed by atoms with E-state index in [1.165, 1.54) is 0 Å². The summed E-state index contributed by atoms with van der Waals surface area (Å²) in [5.74, 6) is -3.50. The number of carboxylic acids is 1. The highest BCUT2D eigenvalue weighted by Gasteiger charge is 2.32. The van der Waals surface area contributed by atoms with Gasteiger partial charge in [-0.1, -0.05) is 6.92 Å². The van der Waals surface area contributed by atoms with Gasteiger partial charge in [0.05, 0.1) is 7.11 Å². The topological polar surface area (TPSA) is 89.6 Å². The molecule has 2 atom stereocenters. The molecule has 0 bridgehead atoms. The molecule has 0 spiro atoms. The Hall–Kier alpha value is -1.10. The van der Waals surface area contributed by atoms with Crippen LogP contribution in [0.5, 0.6) is 0 Å². The van der Waals surface area contributed by atoms with Gasteiger partial charge in [-0.15, -0.1) is 0 Å². The van der Waals surface area contributed by atoms with Gasteiger partial charge in [0.15, 0.2) is 5.92 Å². The molecule has 0 heterocycles. The normalized spacial score (nSPS) is 14.9. The molecule has 5 nitrogen and oxygen atoms in total. The van der Waals surface area contributed by atoms with E-state index in [1.54, 1.807) is 6.92 Å². The van der Waals surface area contributed by atoms with Crippen molar-refractivity contribution in [2.45, 2.75) is 6.92 Å². The second-order valence-corrected chi connectivity index (χ2v) is 2.55. The van der Waals surface area contributed by atoms with E-state index in [0.29, 0.717) is 0 Å². The summed E-state index contributed by atoms with van der Waals surface area (Å²) in [5, 5.41) is 8.62. The highest BCUT2D eigenvalue weighted by atomic mass is 16.5. The third-order valence-corrected chi connectivity index (χ3v) is 1.66. The maximum Gasteiger partial charge on any atom is 0.320 e. The number of ether oxygens (including phenoxy) is 1. The van der Waals surface area contributed by atoms with Gasteiger partial charge in [0.2, 0.25) is 0 Å². The number of carbonyl (C=O) groups excluding carboxylic acids is 1. The van der Waals surface area contributed by atoms with Crippen LogP contribution in [0.2, 0.25) is 0 Å². The third kappa shape index (κ3) is 2.50. The minimum absolute atomic E-state index is 0.145. The second-order valence-electron chi connectivity index (χ2n) is 2.55. The molecule has 0 fully saturated rings. The van der Waals surface area contributed by atoms with E-state index in [-0.39, 0.29) is 6.54 Å². The summed E-state index contributed by atoms with van der Waals surface area (Å²) in [5.41, 5.74) is 5.23. The first kappa shape index (κ1) is 10.9. The average molecular weight is 175 g/mol. The fraction of sp³-hybridized carbons (Fsp3) is 0.714. The highest BCUT2D eigenvalue weighted by molar-refractivity contribution is 5.94. The van der Waals surface area contributed by atoms with Crippen LogP contribution < -0.4 is 5.73 Å². The number of esters is 1. The fourth-order valence-electron chi connectivity index (χ4n) is 0.840. The van der Waals surface area contributed by atoms with Gasteiger partial charge in [0.1, 0.15) is 0 Å². The third-order valence-electron chi connectivity index (χ3n) is 1.66. The molecule has 0 aromatic carbocycles. The van der Waals surface area contributed by atoms with Crippen molar-refractivity contribution < 1.29 is 19.4 Å². The molecule has 0 aliphatic rings. The Bertz CT molecular complexity index is 180. The summed E-state index contributed by atoms with van der Waals surface area (Å²) in [6.07, 6.45) is 0. The molecule has 0 aromatic rings. The van der Waals surface area contributed by atoms with Crippen molar-refractivity contribution in [3.63, 3.8) is 0 Å². The number of carboxylic acid groups (broad SMARTS) is 1. The quantitative estimate of drug-likeness (QED) is 0.442. The van der Waals surface area contributed by atoms with Crippen LogP contribution in [0.1, 0.15) is 6.92 Å². The monoisotopic (exact) mass is 175 g/mol. The number of nitrogens with two attached hydrogens (primary N) is 1. The minimum atomic E-state index is -1.19. The lowest BCUT2D eigenvalue weighted by Crippen LogP contribution is -2.34. The van der Waals surface area contributed by atoms with Gasteiger partial charge in [-0.2, -0.15) is 0 Å². The van der Waals surface area contributed by atoms with Crippen LogP contribution in [0.4, 0.5) is 0 Å². The second kappa shape index (κ2) is 4.71. The smallest absolute Gasteiger partial charge is 0.320 e. The molecule has 2 unspecified atom stereocenters. The molecule has 12 heavy (non-hydrogen) atoms. The summed E-state index contributed by atoms with van der Waals surface area (Å²) >= 11 is 0. The summed E-state index contributed by atoms with van der Waals surface area (Å²) in [6, 6.07) is 0. The molecule has 0 amide bonds. The number of methoxy groups -OCH3 is 1. The summed E-state index contributed by atoms with van der Waals surface area (Å²) in [7, 11) is 1.15. The molecular formula is C7H13NO4. The van der Waals surface area contributed by atoms with Crippen LogP contribution >= 0.6 is 0 Å². The predicted molar refractivity (Wildman–Crippen MR) is 41.4 cm³/mol. The molecule has 0 radical (unpaired) electrons. The Morgan fingerprint density at radius 3 is 2.33 bits per heavy atom. The maximum absolute atomic E-state index is 10.9. The molecule has 0 saturated carbocycles. The minimum Gasteiger partial charge on any atom is -0.481 e. The molecule has 0 aromatic heterocycles. The van der Waals surface area contributed by atoms with Crippen molar-refractivity contribution in [3.05, 3.63) is 0 Å². The number of aliphatic carboxylic acids is 1. The zero-order valence-electron chi connectivity index (χ0n) is 7.11. The first-order valence-corrected chi connectivity index (χ1v) is 3.55. The first-order chi connectivity index (χ1) is 5.54. The lowest BCUT2D eigenvalue weighted by Gasteiger charge is -2.15. The zero-order valence-corrected chi connectivity index (χ0v) is 7.11. The van der Waals surface area contributed by atoms with Crippen LogP contribution in [-0.2, 0) is 14.3 Å². The van der Waals surface area contributed by atoms with E-state index in [2.05, 4.69) is 4.74 Å². The van der Waals surface area contributed by atoms with E-state index in [1.807, 2.05) is 0 Å². The van der Waals surface area contributed by atoms with Gasteiger partial charge in [0.25, 0.3) is 0 Å². The van der Waals surface area contributed by atoms with Gasteiger partial charge in [-0.25, -0.2) is 0 Å². The van der Waals surface area contributed by atoms with Crippen LogP contribution in [0, 0.1) is 11.8 Å². The molecule has 0 aliphatic heterocycles. The van der Waals surface area contributed by atoms with Gasteiger partial charge < -0.3 is 15.6 Å². The largest absolute Gasteiger partial charge is 0.481 e. The van der Waals surface area contributed by atoms with Crippen molar-refractivity contribution in [3.8, 4) is 0 Å². The molecule has 70 valence electrons. The van der Waals surface area contributed by atoms with Crippen molar-refractivity contribution in [1.82, 2.24) is 0 Å². The van der Waals surface area contributed by atoms with Crippen molar-refractivity contribution in [1.29, 1.82) is 0 Å². The Balaban J connectivity index is 4.43. The van der Waals surface area contributed by atoms with Gasteiger partial charge in [-0.3, -0.25) is 9.59 Å². The number of carbonyl (C=O) groups is 2. The predicted octanol–water partition coefficient (Wildman–Crippen LogP) is -0.545. The Morgan fingerprint density at radius 1 is 1.58 bits per heavy atom. The molecule has 0 rings (SSSR count). The molecular weight excluding hydrogens is 162 g/mol. The SMILES string of the molecule is COC(=O)C(C(=O)O)C(C)CN. The number of rotatable bonds is 4. The number of hydrogen-bond acceptors (Lipinski definition) is 4. The molecule has 0 saturated heterocycles. The summed E-state index contributed by atoms with van der Waals surface area (Å²) in [4.78, 5) is 21.4. The van der Waals surface area contributed by atoms with Crippen molar-refractivity contribution >= 4 is 11.9 Å². The van der Waals surface area contributed by atoms with E-state index in [4.69, 9.17) is 10.8 Å². The summed E-state index contributed by atoms with van der Waals surface area (Å²) in [6.45, 7) is 1.74. The Morgan fingerprint density at radius 2 is 2.08 bits per heavy atom. The van der Waals surface area contributed by atoms with Crippen LogP contribution in [0.25, 0.3) is 0 Å². The standard InChI is InChI=1S/C7H13NO4/c1-4(3-8)5(6(9)10)7(11)12-2/h4-5H,3,8H2,1-2H3,(H,9,10). The Kier molecular flexibility index (Phi) is 4.28. The molecule has 5 heteroatoms. The Labute approximate surface area is 70.5 Å². The molecule has 0 aliphatic carbocycles. The summed E-state index contributed by atoms with van der Waals surface area (Å²) < 4.78 is 4.32. The highest BCUT2D eigenvalue weighted by Crippen LogP contribution is 2.11. The van der Waals surface area contributed by atoms with Crippen molar-refractivity contribution in [2.75, 3.05) is 13.7 Å². The van der Waals surface area contributed by atoms with Crippen LogP contribution in [0.3, 0.4) is 0 Å². The van der Waals surface area contributed by atoms with Gasteiger partial charge >= 0.3 is 11.9 Å². The van der Waals surface area contributed by atoms with Gasteiger partial charge in [-0.05, 0) is 12.5 Å². The number of hydrogen-bond donors (Lipinski definition) is 2. The van der Waals surface area contributed by atoms with Crippen molar-refractivity contribution in [2.24, 2.45) is 17.6 Å². The first-order valence-electron chi connectivity index (χ1n) is 3.55. The van der Waals surface area contributed by atoms with E-state index < -0.39 is 23.8 Å². The maximum atomic E-state index is 10.9. The van der Waals surface area contributed by atoms with E-state index >= 15 is 0 Å². The van der Waals surface area contributed by atoms with Crippen LogP contribution in [-0.4, -0.2) is 30.7 Å². The van der Waals surface area contributed by atoms with E-state index in [9.17, 15) is 9.59 Å². The fourth-order valence-corrected chi connectivity index (χ4v) is 0.840.